The monoisotopic (exact) mass is 531 g/mol. The van der Waals surface area contributed by atoms with Gasteiger partial charge in [0.2, 0.25) is 11.8 Å². The lowest BCUT2D eigenvalue weighted by atomic mass is 10.2. The minimum Gasteiger partial charge on any atom is -0.374 e. The first-order valence-electron chi connectivity index (χ1n) is 9.97. The number of nitrogens with one attached hydrogen (secondary N) is 1. The number of ether oxygens (including phenoxy) is 1. The first kappa shape index (κ1) is 25.7. The topological polar surface area (TPSA) is 118 Å². The first-order valence-corrected chi connectivity index (χ1v) is 12.4. The van der Waals surface area contributed by atoms with Crippen molar-refractivity contribution in [2.75, 3.05) is 32.8 Å². The van der Waals surface area contributed by atoms with Crippen molar-refractivity contribution in [1.29, 1.82) is 0 Å². The molecule has 3 amide bonds. The van der Waals surface area contributed by atoms with Crippen LogP contribution < -0.4 is 11.1 Å². The molecular formula is C20H23Cl2N5O4S2. The predicted octanol–water partition coefficient (Wildman–Crippen LogP) is 2.42. The summed E-state index contributed by atoms with van der Waals surface area (Å²) in [6.45, 7) is 4.21. The fraction of sp³-hybridized carbons (Fsp3) is 0.400. The van der Waals surface area contributed by atoms with Crippen LogP contribution in [0.1, 0.15) is 23.0 Å². The Bertz CT molecular complexity index is 1020. The SMILES string of the molecule is CC(=O)N(C[C@@H]1CN(Cc2ccc(Cl)c(Cl)c2)CCO1)Sc1nc(C(=O)NCC(N)=O)cs1. The largest absolute Gasteiger partial charge is 0.374 e. The van der Waals surface area contributed by atoms with Crippen molar-refractivity contribution in [3.05, 3.63) is 44.9 Å². The molecule has 1 saturated heterocycles. The van der Waals surface area contributed by atoms with Gasteiger partial charge in [0, 0.05) is 43.9 Å². The fourth-order valence-electron chi connectivity index (χ4n) is 3.10. The summed E-state index contributed by atoms with van der Waals surface area (Å²) in [4.78, 5) is 41.6. The van der Waals surface area contributed by atoms with E-state index in [0.29, 0.717) is 40.6 Å². The molecule has 3 rings (SSSR count). The summed E-state index contributed by atoms with van der Waals surface area (Å²) in [6.07, 6.45) is -0.184. The number of primary amides is 1. The number of rotatable bonds is 9. The van der Waals surface area contributed by atoms with Gasteiger partial charge < -0.3 is 15.8 Å². The van der Waals surface area contributed by atoms with Gasteiger partial charge in [0.15, 0.2) is 4.34 Å². The van der Waals surface area contributed by atoms with Crippen LogP contribution in [0.2, 0.25) is 10.0 Å². The molecule has 0 unspecified atom stereocenters. The van der Waals surface area contributed by atoms with Crippen LogP contribution >= 0.6 is 46.5 Å². The van der Waals surface area contributed by atoms with E-state index in [9.17, 15) is 14.4 Å². The molecule has 1 aromatic carbocycles. The minimum absolute atomic E-state index is 0.153. The van der Waals surface area contributed by atoms with Gasteiger partial charge in [0.1, 0.15) is 5.69 Å². The molecule has 0 radical (unpaired) electrons. The molecule has 0 aliphatic carbocycles. The normalized spacial score (nSPS) is 16.4. The molecule has 3 N–H and O–H groups in total. The van der Waals surface area contributed by atoms with E-state index in [4.69, 9.17) is 33.7 Å². The summed E-state index contributed by atoms with van der Waals surface area (Å²) in [5.41, 5.74) is 6.24. The number of carbonyl (C=O) groups is 3. The zero-order valence-electron chi connectivity index (χ0n) is 17.8. The number of hydrogen-bond acceptors (Lipinski definition) is 8. The van der Waals surface area contributed by atoms with Crippen LogP contribution in [0.4, 0.5) is 0 Å². The molecule has 1 aromatic heterocycles. The van der Waals surface area contributed by atoms with E-state index in [1.54, 1.807) is 15.8 Å². The Morgan fingerprint density at radius 3 is 2.85 bits per heavy atom. The van der Waals surface area contributed by atoms with Crippen molar-refractivity contribution < 1.29 is 19.1 Å². The van der Waals surface area contributed by atoms with E-state index in [1.165, 1.54) is 18.3 Å². The third-order valence-electron chi connectivity index (χ3n) is 4.66. The molecule has 0 bridgehead atoms. The van der Waals surface area contributed by atoms with Crippen molar-refractivity contribution in [2.24, 2.45) is 5.73 Å². The molecule has 13 heteroatoms. The smallest absolute Gasteiger partial charge is 0.271 e. The van der Waals surface area contributed by atoms with E-state index < -0.39 is 11.8 Å². The van der Waals surface area contributed by atoms with Gasteiger partial charge in [0.25, 0.3) is 5.91 Å². The first-order chi connectivity index (χ1) is 15.7. The van der Waals surface area contributed by atoms with Crippen molar-refractivity contribution in [1.82, 2.24) is 19.5 Å². The number of thiazole rings is 1. The van der Waals surface area contributed by atoms with Crippen LogP contribution in [0.3, 0.4) is 0 Å². The van der Waals surface area contributed by atoms with Gasteiger partial charge in [-0.05, 0) is 17.7 Å². The van der Waals surface area contributed by atoms with Gasteiger partial charge in [-0.15, -0.1) is 11.3 Å². The zero-order valence-corrected chi connectivity index (χ0v) is 20.9. The van der Waals surface area contributed by atoms with Crippen LogP contribution in [-0.4, -0.2) is 70.8 Å². The maximum absolute atomic E-state index is 12.2. The lowest BCUT2D eigenvalue weighted by molar-refractivity contribution is -0.126. The summed E-state index contributed by atoms with van der Waals surface area (Å²) in [6, 6.07) is 5.57. The molecule has 9 nitrogen and oxygen atoms in total. The summed E-state index contributed by atoms with van der Waals surface area (Å²) in [5.74, 6) is -1.29. The minimum atomic E-state index is -0.642. The summed E-state index contributed by atoms with van der Waals surface area (Å²) in [7, 11) is 0. The summed E-state index contributed by atoms with van der Waals surface area (Å²) in [5, 5.41) is 4.98. The third-order valence-corrected chi connectivity index (χ3v) is 7.42. The maximum atomic E-state index is 12.2. The number of hydrogen-bond donors (Lipinski definition) is 2. The quantitative estimate of drug-likeness (QED) is 0.477. The van der Waals surface area contributed by atoms with Crippen molar-refractivity contribution in [3.63, 3.8) is 0 Å². The average Bonchev–Trinajstić information content (AvgIpc) is 3.23. The third kappa shape index (κ3) is 7.83. The number of halogens is 2. The lowest BCUT2D eigenvalue weighted by Crippen LogP contribution is -2.46. The van der Waals surface area contributed by atoms with Gasteiger partial charge in [0.05, 0.1) is 35.8 Å². The molecule has 0 spiro atoms. The number of carbonyl (C=O) groups excluding carboxylic acids is 3. The molecule has 1 aliphatic rings. The Kier molecular flexibility index (Phi) is 9.36. The zero-order chi connectivity index (χ0) is 24.0. The van der Waals surface area contributed by atoms with Crippen molar-refractivity contribution in [2.45, 2.75) is 23.9 Å². The van der Waals surface area contributed by atoms with Crippen LogP contribution in [0, 0.1) is 0 Å². The molecule has 178 valence electrons. The number of nitrogens with zero attached hydrogens (tertiary/aromatic N) is 3. The van der Waals surface area contributed by atoms with Gasteiger partial charge >= 0.3 is 0 Å². The predicted molar refractivity (Wildman–Crippen MR) is 128 cm³/mol. The molecule has 2 heterocycles. The standard InChI is InChI=1S/C20H23Cl2N5O4S2/c1-12(28)27(33-20-25-17(11-32-20)19(30)24-7-18(23)29)10-14-9-26(4-5-31-14)8-13-2-3-15(21)16(22)6-13/h2-3,6,11,14H,4-5,7-10H2,1H3,(H2,23,29)(H,24,30)/t14-/m0/s1. The summed E-state index contributed by atoms with van der Waals surface area (Å²) >= 11 is 14.5. The number of aromatic nitrogens is 1. The molecule has 33 heavy (non-hydrogen) atoms. The second-order valence-electron chi connectivity index (χ2n) is 7.30. The molecule has 1 fully saturated rings. The van der Waals surface area contributed by atoms with E-state index in [0.717, 1.165) is 24.1 Å². The highest BCUT2D eigenvalue weighted by Crippen LogP contribution is 2.28. The van der Waals surface area contributed by atoms with E-state index in [1.807, 2.05) is 12.1 Å². The Morgan fingerprint density at radius 1 is 1.36 bits per heavy atom. The molecular weight excluding hydrogens is 509 g/mol. The Labute approximate surface area is 209 Å². The average molecular weight is 532 g/mol. The van der Waals surface area contributed by atoms with Crippen LogP contribution in [0.15, 0.2) is 27.9 Å². The van der Waals surface area contributed by atoms with E-state index in [2.05, 4.69) is 15.2 Å². The molecule has 1 aliphatic heterocycles. The molecule has 2 aromatic rings. The lowest BCUT2D eigenvalue weighted by Gasteiger charge is -2.35. The van der Waals surface area contributed by atoms with Gasteiger partial charge in [-0.3, -0.25) is 23.6 Å². The Balaban J connectivity index is 1.57. The van der Waals surface area contributed by atoms with Gasteiger partial charge in [-0.25, -0.2) is 4.98 Å². The van der Waals surface area contributed by atoms with Crippen LogP contribution in [-0.2, 0) is 20.9 Å². The number of nitrogens with two attached hydrogens (primary N) is 1. The number of amides is 3. The molecule has 0 saturated carbocycles. The van der Waals surface area contributed by atoms with Gasteiger partial charge in [-0.2, -0.15) is 0 Å². The van der Waals surface area contributed by atoms with Crippen LogP contribution in [0.5, 0.6) is 0 Å². The second-order valence-corrected chi connectivity index (χ2v) is 10.2. The van der Waals surface area contributed by atoms with E-state index in [-0.39, 0.29) is 24.2 Å². The van der Waals surface area contributed by atoms with Crippen molar-refractivity contribution >= 4 is 64.2 Å². The second kappa shape index (κ2) is 12.0. The number of benzene rings is 1. The Hall–Kier alpha value is -1.89. The van der Waals surface area contributed by atoms with E-state index >= 15 is 0 Å². The number of morpholine rings is 1. The van der Waals surface area contributed by atoms with Crippen LogP contribution in [0.25, 0.3) is 0 Å². The summed E-state index contributed by atoms with van der Waals surface area (Å²) < 4.78 is 7.98. The van der Waals surface area contributed by atoms with Crippen molar-refractivity contribution in [3.8, 4) is 0 Å². The fourth-order valence-corrected chi connectivity index (χ4v) is 5.23. The highest BCUT2D eigenvalue weighted by molar-refractivity contribution is 7.99. The highest BCUT2D eigenvalue weighted by atomic mass is 35.5. The molecule has 1 atom stereocenters. The van der Waals surface area contributed by atoms with Gasteiger partial charge in [-0.1, -0.05) is 29.3 Å². The highest BCUT2D eigenvalue weighted by Gasteiger charge is 2.26. The Morgan fingerprint density at radius 2 is 2.15 bits per heavy atom. The maximum Gasteiger partial charge on any atom is 0.271 e.